The molecule has 1 amide bonds. The average Bonchev–Trinajstić information content (AvgIpc) is 3.14. The Morgan fingerprint density at radius 2 is 1.80 bits per heavy atom. The topological polar surface area (TPSA) is 90.9 Å². The van der Waals surface area contributed by atoms with Crippen LogP contribution in [-0.4, -0.2) is 42.4 Å². The number of hydrogen-bond acceptors (Lipinski definition) is 6. The smallest absolute Gasteiger partial charge is 0.408 e. The van der Waals surface area contributed by atoms with Crippen LogP contribution in [0.4, 0.5) is 4.79 Å². The summed E-state index contributed by atoms with van der Waals surface area (Å²) in [4.78, 5) is 37.2. The third kappa shape index (κ3) is 3.65. The van der Waals surface area contributed by atoms with E-state index in [1.54, 1.807) is 34.6 Å². The maximum Gasteiger partial charge on any atom is 0.408 e. The Morgan fingerprint density at radius 3 is 2.32 bits per heavy atom. The largest absolute Gasteiger partial charge is 0.466 e. The fourth-order valence-corrected chi connectivity index (χ4v) is 3.69. The van der Waals surface area contributed by atoms with Crippen LogP contribution in [0.2, 0.25) is 0 Å². The third-order valence-corrected chi connectivity index (χ3v) is 4.49. The fourth-order valence-electron chi connectivity index (χ4n) is 3.69. The van der Waals surface area contributed by atoms with Crippen LogP contribution < -0.4 is 5.32 Å². The van der Waals surface area contributed by atoms with E-state index < -0.39 is 35.0 Å². The van der Waals surface area contributed by atoms with Crippen molar-refractivity contribution in [2.45, 2.75) is 52.2 Å². The molecule has 0 radical (unpaired) electrons. The van der Waals surface area contributed by atoms with Gasteiger partial charge in [-0.2, -0.15) is 0 Å². The van der Waals surface area contributed by atoms with Crippen LogP contribution in [0.1, 0.15) is 41.0 Å². The number of ether oxygens (including phenoxy) is 3. The zero-order valence-corrected chi connectivity index (χ0v) is 15.5. The Morgan fingerprint density at radius 1 is 1.20 bits per heavy atom. The van der Waals surface area contributed by atoms with Gasteiger partial charge in [0.2, 0.25) is 0 Å². The molecule has 0 aromatic rings. The van der Waals surface area contributed by atoms with Crippen molar-refractivity contribution in [1.82, 2.24) is 5.32 Å². The Kier molecular flexibility index (Phi) is 5.16. The predicted octanol–water partition coefficient (Wildman–Crippen LogP) is 2.20. The van der Waals surface area contributed by atoms with Crippen molar-refractivity contribution in [2.24, 2.45) is 17.8 Å². The highest BCUT2D eigenvalue weighted by molar-refractivity contribution is 5.92. The highest BCUT2D eigenvalue weighted by Gasteiger charge is 2.74. The number of alkyl carbamates (subject to hydrolysis) is 1. The summed E-state index contributed by atoms with van der Waals surface area (Å²) in [6.45, 7) is 13.0. The summed E-state index contributed by atoms with van der Waals surface area (Å²) in [5.41, 5.74) is -1.30. The lowest BCUT2D eigenvalue weighted by molar-refractivity contribution is -0.153. The number of rotatable bonds is 5. The summed E-state index contributed by atoms with van der Waals surface area (Å²) >= 11 is 0. The number of carbonyl (C=O) groups is 3. The van der Waals surface area contributed by atoms with Gasteiger partial charge in [0.15, 0.2) is 0 Å². The molecule has 1 N–H and O–H groups in total. The van der Waals surface area contributed by atoms with Crippen molar-refractivity contribution < 1.29 is 28.6 Å². The Labute approximate surface area is 148 Å². The van der Waals surface area contributed by atoms with Crippen LogP contribution in [0.5, 0.6) is 0 Å². The van der Waals surface area contributed by atoms with Gasteiger partial charge >= 0.3 is 18.0 Å². The molecule has 7 nitrogen and oxygen atoms in total. The molecule has 2 saturated carbocycles. The van der Waals surface area contributed by atoms with Crippen LogP contribution in [0.15, 0.2) is 12.2 Å². The number of nitrogens with one attached hydrogen (secondary N) is 1. The lowest BCUT2D eigenvalue weighted by Gasteiger charge is -2.32. The second kappa shape index (κ2) is 6.69. The van der Waals surface area contributed by atoms with Crippen molar-refractivity contribution in [2.75, 3.05) is 13.2 Å². The van der Waals surface area contributed by atoms with E-state index in [-0.39, 0.29) is 31.5 Å². The van der Waals surface area contributed by atoms with Crippen molar-refractivity contribution in [3.05, 3.63) is 12.2 Å². The number of hydrogen-bond donors (Lipinski definition) is 1. The lowest BCUT2D eigenvalue weighted by Crippen LogP contribution is -2.57. The molecule has 2 aliphatic carbocycles. The Balaban J connectivity index is 2.27. The molecule has 0 aromatic heterocycles. The second-order valence-electron chi connectivity index (χ2n) is 7.48. The van der Waals surface area contributed by atoms with Gasteiger partial charge < -0.3 is 19.5 Å². The molecule has 2 rings (SSSR count). The molecule has 25 heavy (non-hydrogen) atoms. The van der Waals surface area contributed by atoms with E-state index in [9.17, 15) is 14.4 Å². The SMILES string of the molecule is C=C1C[C@@](NC(=O)OC(C)(C)C)(C(=O)OCC)[C@H]2[C@@H]1[C@@H]2C(=O)OCC. The van der Waals surface area contributed by atoms with Crippen molar-refractivity contribution in [3.63, 3.8) is 0 Å². The van der Waals surface area contributed by atoms with E-state index in [4.69, 9.17) is 14.2 Å². The molecule has 0 spiro atoms. The van der Waals surface area contributed by atoms with Gasteiger partial charge in [0.1, 0.15) is 11.1 Å². The first-order chi connectivity index (χ1) is 11.6. The molecule has 7 heteroatoms. The predicted molar refractivity (Wildman–Crippen MR) is 89.6 cm³/mol. The first-order valence-corrected chi connectivity index (χ1v) is 8.60. The highest BCUT2D eigenvalue weighted by atomic mass is 16.6. The summed E-state index contributed by atoms with van der Waals surface area (Å²) in [6.07, 6.45) is -0.487. The molecule has 0 aliphatic heterocycles. The van der Waals surface area contributed by atoms with Gasteiger partial charge in [-0.1, -0.05) is 12.2 Å². The molecule has 4 atom stereocenters. The normalized spacial score (nSPS) is 30.3. The fraction of sp³-hybridized carbons (Fsp3) is 0.722. The summed E-state index contributed by atoms with van der Waals surface area (Å²) < 4.78 is 15.6. The quantitative estimate of drug-likeness (QED) is 0.463. The van der Waals surface area contributed by atoms with Gasteiger partial charge in [0.05, 0.1) is 19.1 Å². The molecule has 0 saturated heterocycles. The number of carbonyl (C=O) groups excluding carboxylic acids is 3. The minimum Gasteiger partial charge on any atom is -0.466 e. The summed E-state index contributed by atoms with van der Waals surface area (Å²) in [7, 11) is 0. The zero-order chi connectivity index (χ0) is 19.0. The molecule has 0 bridgehead atoms. The molecule has 2 aliphatic rings. The van der Waals surface area contributed by atoms with Crippen LogP contribution in [0, 0.1) is 17.8 Å². The van der Waals surface area contributed by atoms with Gasteiger partial charge in [0, 0.05) is 12.3 Å². The van der Waals surface area contributed by atoms with Crippen LogP contribution in [0.3, 0.4) is 0 Å². The van der Waals surface area contributed by atoms with Crippen molar-refractivity contribution in [1.29, 1.82) is 0 Å². The maximum absolute atomic E-state index is 12.7. The molecule has 0 heterocycles. The van der Waals surface area contributed by atoms with E-state index in [0.29, 0.717) is 0 Å². The van der Waals surface area contributed by atoms with Gasteiger partial charge in [-0.05, 0) is 40.5 Å². The van der Waals surface area contributed by atoms with E-state index in [0.717, 1.165) is 5.57 Å². The first-order valence-electron chi connectivity index (χ1n) is 8.60. The number of esters is 2. The third-order valence-electron chi connectivity index (χ3n) is 4.49. The highest BCUT2D eigenvalue weighted by Crippen LogP contribution is 2.65. The van der Waals surface area contributed by atoms with Gasteiger partial charge in [0.25, 0.3) is 0 Å². The van der Waals surface area contributed by atoms with E-state index in [1.165, 1.54) is 0 Å². The van der Waals surface area contributed by atoms with E-state index in [1.807, 2.05) is 0 Å². The molecule has 2 fully saturated rings. The van der Waals surface area contributed by atoms with Gasteiger partial charge in [-0.15, -0.1) is 0 Å². The number of fused-ring (bicyclic) bond motifs is 1. The van der Waals surface area contributed by atoms with Crippen molar-refractivity contribution in [3.8, 4) is 0 Å². The number of amides is 1. The van der Waals surface area contributed by atoms with Crippen LogP contribution >= 0.6 is 0 Å². The summed E-state index contributed by atoms with van der Waals surface area (Å²) in [5.74, 6) is -2.02. The standard InChI is InChI=1S/C18H27NO6/c1-7-23-14(20)12-11-10(3)9-18(13(11)12,15(21)24-8-2)19-16(22)25-17(4,5)6/h11-13H,3,7-9H2,1-2,4-6H3,(H,19,22)/t11-,12-,13-,18-/m0/s1. The molecule has 0 unspecified atom stereocenters. The van der Waals surface area contributed by atoms with Crippen LogP contribution in [-0.2, 0) is 23.8 Å². The minimum atomic E-state index is -1.34. The van der Waals surface area contributed by atoms with E-state index in [2.05, 4.69) is 11.9 Å². The average molecular weight is 353 g/mol. The second-order valence-corrected chi connectivity index (χ2v) is 7.48. The first kappa shape index (κ1) is 19.3. The molecule has 140 valence electrons. The summed E-state index contributed by atoms with van der Waals surface area (Å²) in [5, 5.41) is 2.68. The van der Waals surface area contributed by atoms with Gasteiger partial charge in [-0.3, -0.25) is 4.79 Å². The monoisotopic (exact) mass is 353 g/mol. The summed E-state index contributed by atoms with van der Waals surface area (Å²) in [6, 6.07) is 0. The lowest BCUT2D eigenvalue weighted by atomic mass is 9.89. The Bertz CT molecular complexity index is 593. The maximum atomic E-state index is 12.7. The minimum absolute atomic E-state index is 0.171. The molecular weight excluding hydrogens is 326 g/mol. The van der Waals surface area contributed by atoms with Gasteiger partial charge in [-0.25, -0.2) is 9.59 Å². The molecule has 0 aromatic carbocycles. The van der Waals surface area contributed by atoms with E-state index >= 15 is 0 Å². The molecular formula is C18H27NO6. The zero-order valence-electron chi connectivity index (χ0n) is 15.5. The van der Waals surface area contributed by atoms with Crippen LogP contribution in [0.25, 0.3) is 0 Å². The van der Waals surface area contributed by atoms with Crippen molar-refractivity contribution >= 4 is 18.0 Å². The Hall–Kier alpha value is -2.05.